The normalized spacial score (nSPS) is 31.5. The smallest absolute Gasteiger partial charge is 0.304 e. The first-order chi connectivity index (χ1) is 5.20. The largest absolute Gasteiger partial charge is 0.434 e. The quantitative estimate of drug-likeness (QED) is 0.449. The molecule has 0 amide bonds. The second-order valence-electron chi connectivity index (χ2n) is 2.51. The van der Waals surface area contributed by atoms with Crippen molar-refractivity contribution in [3.63, 3.8) is 0 Å². The zero-order valence-electron chi connectivity index (χ0n) is 6.38. The SMILES string of the molecule is CC(=O)OC1OCCCC1Cl. The van der Waals surface area contributed by atoms with Gasteiger partial charge in [0.15, 0.2) is 0 Å². The Morgan fingerprint density at radius 2 is 2.45 bits per heavy atom. The number of alkyl halides is 1. The highest BCUT2D eigenvalue weighted by molar-refractivity contribution is 6.21. The summed E-state index contributed by atoms with van der Waals surface area (Å²) in [7, 11) is 0. The molecule has 1 aliphatic rings. The van der Waals surface area contributed by atoms with Gasteiger partial charge in [-0.3, -0.25) is 4.79 Å². The summed E-state index contributed by atoms with van der Waals surface area (Å²) in [6.45, 7) is 1.97. The molecule has 64 valence electrons. The Morgan fingerprint density at radius 1 is 1.73 bits per heavy atom. The second-order valence-corrected chi connectivity index (χ2v) is 3.07. The van der Waals surface area contributed by atoms with E-state index >= 15 is 0 Å². The molecule has 0 saturated carbocycles. The minimum Gasteiger partial charge on any atom is -0.434 e. The van der Waals surface area contributed by atoms with E-state index in [0.717, 1.165) is 12.8 Å². The highest BCUT2D eigenvalue weighted by Gasteiger charge is 2.26. The Balaban J connectivity index is 2.35. The third-order valence-electron chi connectivity index (χ3n) is 1.48. The van der Waals surface area contributed by atoms with Crippen molar-refractivity contribution in [2.45, 2.75) is 31.4 Å². The van der Waals surface area contributed by atoms with Crippen LogP contribution in [-0.4, -0.2) is 24.2 Å². The van der Waals surface area contributed by atoms with Gasteiger partial charge in [0, 0.05) is 6.92 Å². The van der Waals surface area contributed by atoms with Gasteiger partial charge in [-0.25, -0.2) is 0 Å². The molecule has 1 rings (SSSR count). The molecule has 11 heavy (non-hydrogen) atoms. The summed E-state index contributed by atoms with van der Waals surface area (Å²) in [5.74, 6) is -0.345. The van der Waals surface area contributed by atoms with Gasteiger partial charge in [-0.15, -0.1) is 11.6 Å². The number of rotatable bonds is 1. The minimum absolute atomic E-state index is 0.187. The maximum atomic E-state index is 10.5. The van der Waals surface area contributed by atoms with Crippen LogP contribution >= 0.6 is 11.6 Å². The Bertz CT molecular complexity index is 149. The van der Waals surface area contributed by atoms with Gasteiger partial charge in [0.25, 0.3) is 0 Å². The molecule has 1 fully saturated rings. The average molecular weight is 179 g/mol. The molecule has 4 heteroatoms. The maximum Gasteiger partial charge on any atom is 0.304 e. The molecule has 2 atom stereocenters. The molecule has 0 radical (unpaired) electrons. The second kappa shape index (κ2) is 3.93. The zero-order valence-corrected chi connectivity index (χ0v) is 7.13. The van der Waals surface area contributed by atoms with E-state index in [1.807, 2.05) is 0 Å². The van der Waals surface area contributed by atoms with Gasteiger partial charge in [-0.05, 0) is 12.8 Å². The Hall–Kier alpha value is -0.280. The molecule has 0 aromatic rings. The average Bonchev–Trinajstić information content (AvgIpc) is 1.93. The first kappa shape index (κ1) is 8.81. The molecular formula is C7H11ClO3. The molecular weight excluding hydrogens is 168 g/mol. The van der Waals surface area contributed by atoms with Gasteiger partial charge in [-0.1, -0.05) is 0 Å². The van der Waals surface area contributed by atoms with Crippen LogP contribution < -0.4 is 0 Å². The van der Waals surface area contributed by atoms with Crippen molar-refractivity contribution in [2.75, 3.05) is 6.61 Å². The number of carbonyl (C=O) groups is 1. The van der Waals surface area contributed by atoms with E-state index in [4.69, 9.17) is 21.1 Å². The lowest BCUT2D eigenvalue weighted by Gasteiger charge is -2.26. The lowest BCUT2D eigenvalue weighted by Crippen LogP contribution is -2.33. The van der Waals surface area contributed by atoms with Crippen molar-refractivity contribution in [3.8, 4) is 0 Å². The third-order valence-corrected chi connectivity index (χ3v) is 1.91. The lowest BCUT2D eigenvalue weighted by molar-refractivity contribution is -0.182. The van der Waals surface area contributed by atoms with Crippen molar-refractivity contribution in [2.24, 2.45) is 0 Å². The summed E-state index contributed by atoms with van der Waals surface area (Å²) < 4.78 is 9.94. The van der Waals surface area contributed by atoms with Crippen LogP contribution in [0.4, 0.5) is 0 Å². The fourth-order valence-electron chi connectivity index (χ4n) is 0.990. The van der Waals surface area contributed by atoms with E-state index in [9.17, 15) is 4.79 Å². The first-order valence-electron chi connectivity index (χ1n) is 3.63. The Kier molecular flexibility index (Phi) is 3.15. The highest BCUT2D eigenvalue weighted by atomic mass is 35.5. The number of esters is 1. The Morgan fingerprint density at radius 3 is 3.00 bits per heavy atom. The number of halogens is 1. The maximum absolute atomic E-state index is 10.5. The van der Waals surface area contributed by atoms with E-state index in [1.165, 1.54) is 6.92 Å². The third kappa shape index (κ3) is 2.67. The monoisotopic (exact) mass is 178 g/mol. The molecule has 0 aromatic carbocycles. The molecule has 0 spiro atoms. The van der Waals surface area contributed by atoms with Crippen LogP contribution in [0.15, 0.2) is 0 Å². The van der Waals surface area contributed by atoms with E-state index in [-0.39, 0.29) is 11.3 Å². The summed E-state index contributed by atoms with van der Waals surface area (Å²) in [4.78, 5) is 10.5. The first-order valence-corrected chi connectivity index (χ1v) is 4.06. The Labute approximate surface area is 70.6 Å². The summed E-state index contributed by atoms with van der Waals surface area (Å²) in [5.41, 5.74) is 0. The fourth-order valence-corrected chi connectivity index (χ4v) is 1.27. The standard InChI is InChI=1S/C7H11ClO3/c1-5(9)11-7-6(8)3-2-4-10-7/h6-7H,2-4H2,1H3. The van der Waals surface area contributed by atoms with Crippen LogP contribution in [0.25, 0.3) is 0 Å². The number of hydrogen-bond acceptors (Lipinski definition) is 3. The summed E-state index contributed by atoms with van der Waals surface area (Å²) in [5, 5.41) is -0.187. The van der Waals surface area contributed by atoms with Crippen molar-refractivity contribution in [1.29, 1.82) is 0 Å². The van der Waals surface area contributed by atoms with E-state index in [0.29, 0.717) is 6.61 Å². The van der Waals surface area contributed by atoms with Crippen LogP contribution in [0, 0.1) is 0 Å². The number of ether oxygens (including phenoxy) is 2. The van der Waals surface area contributed by atoms with Gasteiger partial charge >= 0.3 is 5.97 Å². The van der Waals surface area contributed by atoms with Crippen LogP contribution in [-0.2, 0) is 14.3 Å². The molecule has 1 aliphatic heterocycles. The topological polar surface area (TPSA) is 35.5 Å². The molecule has 0 aromatic heterocycles. The molecule has 1 heterocycles. The van der Waals surface area contributed by atoms with Gasteiger partial charge in [0.05, 0.1) is 12.0 Å². The summed E-state index contributed by atoms with van der Waals surface area (Å²) in [6, 6.07) is 0. The molecule has 2 unspecified atom stereocenters. The van der Waals surface area contributed by atoms with Crippen LogP contribution in [0.1, 0.15) is 19.8 Å². The van der Waals surface area contributed by atoms with Crippen molar-refractivity contribution >= 4 is 17.6 Å². The zero-order chi connectivity index (χ0) is 8.27. The van der Waals surface area contributed by atoms with Gasteiger partial charge in [0.1, 0.15) is 0 Å². The van der Waals surface area contributed by atoms with Crippen LogP contribution in [0.2, 0.25) is 0 Å². The molecule has 0 bridgehead atoms. The molecule has 3 nitrogen and oxygen atoms in total. The van der Waals surface area contributed by atoms with Gasteiger partial charge < -0.3 is 9.47 Å². The van der Waals surface area contributed by atoms with Gasteiger partial charge in [-0.2, -0.15) is 0 Å². The van der Waals surface area contributed by atoms with Crippen LogP contribution in [0.3, 0.4) is 0 Å². The van der Waals surface area contributed by atoms with Crippen molar-refractivity contribution in [3.05, 3.63) is 0 Å². The van der Waals surface area contributed by atoms with E-state index in [2.05, 4.69) is 0 Å². The number of carbonyl (C=O) groups excluding carboxylic acids is 1. The molecule has 0 aliphatic carbocycles. The van der Waals surface area contributed by atoms with E-state index in [1.54, 1.807) is 0 Å². The fraction of sp³-hybridized carbons (Fsp3) is 0.857. The molecule has 0 N–H and O–H groups in total. The van der Waals surface area contributed by atoms with E-state index < -0.39 is 6.29 Å². The highest BCUT2D eigenvalue weighted by Crippen LogP contribution is 2.20. The predicted molar refractivity (Wildman–Crippen MR) is 40.4 cm³/mol. The predicted octanol–water partition coefficient (Wildman–Crippen LogP) is 1.29. The summed E-state index contributed by atoms with van der Waals surface area (Å²) >= 11 is 5.82. The van der Waals surface area contributed by atoms with Gasteiger partial charge in [0.2, 0.25) is 6.29 Å². The minimum atomic E-state index is -0.539. The van der Waals surface area contributed by atoms with Crippen molar-refractivity contribution in [1.82, 2.24) is 0 Å². The van der Waals surface area contributed by atoms with Crippen molar-refractivity contribution < 1.29 is 14.3 Å². The summed E-state index contributed by atoms with van der Waals surface area (Å²) in [6.07, 6.45) is 1.24. The lowest BCUT2D eigenvalue weighted by atomic mass is 10.2. The number of hydrogen-bond donors (Lipinski definition) is 0. The van der Waals surface area contributed by atoms with Crippen LogP contribution in [0.5, 0.6) is 0 Å². The molecule has 1 saturated heterocycles.